The molecule has 27 heavy (non-hydrogen) atoms. The van der Waals surface area contributed by atoms with Crippen LogP contribution in [0.3, 0.4) is 0 Å². The van der Waals surface area contributed by atoms with E-state index >= 15 is 0 Å². The average Bonchev–Trinajstić information content (AvgIpc) is 2.66. The summed E-state index contributed by atoms with van der Waals surface area (Å²) in [6, 6.07) is 9.91. The summed E-state index contributed by atoms with van der Waals surface area (Å²) in [7, 11) is 0. The number of nitrogens with zero attached hydrogens (tertiary/aromatic N) is 3. The van der Waals surface area contributed by atoms with Crippen molar-refractivity contribution in [1.29, 1.82) is 0 Å². The predicted molar refractivity (Wildman–Crippen MR) is 95.6 cm³/mol. The van der Waals surface area contributed by atoms with E-state index in [1.165, 1.54) is 12.1 Å². The molecule has 0 aliphatic heterocycles. The first-order valence-corrected chi connectivity index (χ1v) is 8.04. The molecule has 0 unspecified atom stereocenters. The third-order valence-electron chi connectivity index (χ3n) is 3.56. The van der Waals surface area contributed by atoms with Gasteiger partial charge in [0, 0.05) is 36.3 Å². The zero-order chi connectivity index (χ0) is 19.3. The molecule has 2 aromatic heterocycles. The number of hydrogen-bond donors (Lipinski definition) is 3. The number of aromatic nitrogens is 3. The number of pyridine rings is 1. The molecular formula is C18H16F3N5O. The maximum absolute atomic E-state index is 12.7. The lowest BCUT2D eigenvalue weighted by Crippen LogP contribution is -2.10. The Balaban J connectivity index is 1.89. The molecule has 0 aliphatic rings. The molecule has 0 amide bonds. The number of anilines is 3. The van der Waals surface area contributed by atoms with Gasteiger partial charge in [0.15, 0.2) is 0 Å². The lowest BCUT2D eigenvalue weighted by atomic mass is 10.2. The molecule has 6 nitrogen and oxygen atoms in total. The maximum Gasteiger partial charge on any atom is 0.416 e. The van der Waals surface area contributed by atoms with Crippen LogP contribution in [0, 0.1) is 0 Å². The zero-order valence-electron chi connectivity index (χ0n) is 14.0. The van der Waals surface area contributed by atoms with Crippen LogP contribution < -0.4 is 10.6 Å². The van der Waals surface area contributed by atoms with Crippen LogP contribution in [0.4, 0.5) is 30.6 Å². The molecule has 0 atom stereocenters. The van der Waals surface area contributed by atoms with Crippen LogP contribution >= 0.6 is 0 Å². The van der Waals surface area contributed by atoms with Crippen molar-refractivity contribution in [3.63, 3.8) is 0 Å². The van der Waals surface area contributed by atoms with Crippen LogP contribution in [0.2, 0.25) is 0 Å². The number of nitrogens with one attached hydrogen (secondary N) is 2. The van der Waals surface area contributed by atoms with Crippen molar-refractivity contribution in [3.8, 4) is 11.3 Å². The second-order valence-corrected chi connectivity index (χ2v) is 5.55. The number of hydrogen-bond acceptors (Lipinski definition) is 6. The van der Waals surface area contributed by atoms with E-state index in [9.17, 15) is 13.2 Å². The second kappa shape index (κ2) is 8.00. The predicted octanol–water partition coefficient (Wildman–Crippen LogP) is 3.71. The van der Waals surface area contributed by atoms with Gasteiger partial charge in [0.05, 0.1) is 17.9 Å². The standard InChI is InChI=1S/C18H16F3N5O/c19-18(20,21)13-3-5-14(6-4-13)24-16-10-15(12-2-1-7-22-11-12)25-17(26-16)23-8-9-27/h1-7,10-11,27H,8-9H2,(H2,23,24,25,26). The van der Waals surface area contributed by atoms with Gasteiger partial charge < -0.3 is 15.7 Å². The molecule has 3 aromatic rings. The smallest absolute Gasteiger partial charge is 0.395 e. The molecule has 3 rings (SSSR count). The highest BCUT2D eigenvalue weighted by atomic mass is 19.4. The van der Waals surface area contributed by atoms with E-state index in [-0.39, 0.29) is 19.1 Å². The number of aliphatic hydroxyl groups excluding tert-OH is 1. The SMILES string of the molecule is OCCNc1nc(Nc2ccc(C(F)(F)F)cc2)cc(-c2cccnc2)n1. The molecule has 0 saturated carbocycles. The van der Waals surface area contributed by atoms with Gasteiger partial charge in [0.25, 0.3) is 0 Å². The van der Waals surface area contributed by atoms with Gasteiger partial charge in [-0.1, -0.05) is 0 Å². The fourth-order valence-electron chi connectivity index (χ4n) is 2.31. The number of aliphatic hydroxyl groups is 1. The van der Waals surface area contributed by atoms with Crippen LogP contribution in [0.1, 0.15) is 5.56 Å². The van der Waals surface area contributed by atoms with E-state index in [0.717, 1.165) is 17.7 Å². The van der Waals surface area contributed by atoms with Gasteiger partial charge in [-0.2, -0.15) is 18.2 Å². The van der Waals surface area contributed by atoms with Crippen LogP contribution in [0.25, 0.3) is 11.3 Å². The molecule has 140 valence electrons. The van der Waals surface area contributed by atoms with Gasteiger partial charge in [-0.25, -0.2) is 4.98 Å². The zero-order valence-corrected chi connectivity index (χ0v) is 14.0. The third kappa shape index (κ3) is 4.91. The molecule has 0 radical (unpaired) electrons. The highest BCUT2D eigenvalue weighted by Crippen LogP contribution is 2.30. The van der Waals surface area contributed by atoms with Gasteiger partial charge in [-0.15, -0.1) is 0 Å². The summed E-state index contributed by atoms with van der Waals surface area (Å²) in [6.45, 7) is 0.165. The monoisotopic (exact) mass is 375 g/mol. The Morgan fingerprint density at radius 3 is 2.44 bits per heavy atom. The van der Waals surface area contributed by atoms with E-state index < -0.39 is 11.7 Å². The molecule has 0 fully saturated rings. The van der Waals surface area contributed by atoms with Crippen LogP contribution in [-0.2, 0) is 6.18 Å². The van der Waals surface area contributed by atoms with E-state index in [1.54, 1.807) is 24.5 Å². The fraction of sp³-hybridized carbons (Fsp3) is 0.167. The Kier molecular flexibility index (Phi) is 5.51. The molecule has 1 aromatic carbocycles. The molecule has 9 heteroatoms. The number of alkyl halides is 3. The van der Waals surface area contributed by atoms with E-state index in [4.69, 9.17) is 5.11 Å². The molecular weight excluding hydrogens is 359 g/mol. The van der Waals surface area contributed by atoms with Crippen LogP contribution in [-0.4, -0.2) is 33.2 Å². The summed E-state index contributed by atoms with van der Waals surface area (Å²) in [4.78, 5) is 12.7. The summed E-state index contributed by atoms with van der Waals surface area (Å²) >= 11 is 0. The van der Waals surface area contributed by atoms with Crippen LogP contribution in [0.5, 0.6) is 0 Å². The first kappa shape index (κ1) is 18.6. The van der Waals surface area contributed by atoms with Gasteiger partial charge >= 0.3 is 6.18 Å². The van der Waals surface area contributed by atoms with E-state index in [1.807, 2.05) is 6.07 Å². The summed E-state index contributed by atoms with van der Waals surface area (Å²) < 4.78 is 38.0. The largest absolute Gasteiger partial charge is 0.416 e. The molecule has 2 heterocycles. The number of rotatable bonds is 6. The summed E-state index contributed by atoms with van der Waals surface area (Å²) in [5.41, 5.74) is 1.06. The summed E-state index contributed by atoms with van der Waals surface area (Å²) in [6.07, 6.45) is -1.11. The normalized spacial score (nSPS) is 11.3. The third-order valence-corrected chi connectivity index (χ3v) is 3.56. The lowest BCUT2D eigenvalue weighted by Gasteiger charge is -2.12. The minimum atomic E-state index is -4.39. The lowest BCUT2D eigenvalue weighted by molar-refractivity contribution is -0.137. The van der Waals surface area contributed by atoms with Crippen molar-refractivity contribution in [1.82, 2.24) is 15.0 Å². The Labute approximate surface area is 153 Å². The topological polar surface area (TPSA) is 83.0 Å². The summed E-state index contributed by atoms with van der Waals surface area (Å²) in [5.74, 6) is 0.670. The van der Waals surface area contributed by atoms with Crippen molar-refractivity contribution >= 4 is 17.5 Å². The molecule has 0 spiro atoms. The Hall–Kier alpha value is -3.20. The minimum absolute atomic E-state index is 0.0951. The van der Waals surface area contributed by atoms with E-state index in [2.05, 4.69) is 25.6 Å². The molecule has 0 bridgehead atoms. The number of benzene rings is 1. The van der Waals surface area contributed by atoms with Crippen LogP contribution in [0.15, 0.2) is 54.9 Å². The highest BCUT2D eigenvalue weighted by molar-refractivity contribution is 5.66. The van der Waals surface area contributed by atoms with Gasteiger partial charge in [-0.3, -0.25) is 4.98 Å². The first-order valence-electron chi connectivity index (χ1n) is 8.04. The van der Waals surface area contributed by atoms with Crippen molar-refractivity contribution in [2.75, 3.05) is 23.8 Å². The maximum atomic E-state index is 12.7. The van der Waals surface area contributed by atoms with Gasteiger partial charge in [0.1, 0.15) is 5.82 Å². The van der Waals surface area contributed by atoms with Crippen molar-refractivity contribution in [2.45, 2.75) is 6.18 Å². The highest BCUT2D eigenvalue weighted by Gasteiger charge is 2.29. The fourth-order valence-corrected chi connectivity index (χ4v) is 2.31. The Morgan fingerprint density at radius 2 is 1.81 bits per heavy atom. The number of halogens is 3. The molecule has 0 aliphatic carbocycles. The van der Waals surface area contributed by atoms with Gasteiger partial charge in [-0.05, 0) is 36.4 Å². The Bertz CT molecular complexity index is 886. The van der Waals surface area contributed by atoms with E-state index in [0.29, 0.717) is 17.2 Å². The van der Waals surface area contributed by atoms with Crippen molar-refractivity contribution < 1.29 is 18.3 Å². The minimum Gasteiger partial charge on any atom is -0.395 e. The van der Waals surface area contributed by atoms with Crippen molar-refractivity contribution in [2.24, 2.45) is 0 Å². The second-order valence-electron chi connectivity index (χ2n) is 5.55. The van der Waals surface area contributed by atoms with Crippen molar-refractivity contribution in [3.05, 3.63) is 60.4 Å². The summed E-state index contributed by atoms with van der Waals surface area (Å²) in [5, 5.41) is 14.8. The first-order chi connectivity index (χ1) is 13.0. The molecule has 0 saturated heterocycles. The quantitative estimate of drug-likeness (QED) is 0.609. The van der Waals surface area contributed by atoms with Gasteiger partial charge in [0.2, 0.25) is 5.95 Å². The molecule has 3 N–H and O–H groups in total. The Morgan fingerprint density at radius 1 is 1.04 bits per heavy atom. The average molecular weight is 375 g/mol.